The molecule has 1 aromatic rings. The van der Waals surface area contributed by atoms with E-state index in [1.54, 1.807) is 6.92 Å². The minimum absolute atomic E-state index is 0.123. The van der Waals surface area contributed by atoms with Crippen molar-refractivity contribution in [1.29, 1.82) is 0 Å². The first-order chi connectivity index (χ1) is 6.07. The first-order valence-corrected chi connectivity index (χ1v) is 3.58. The van der Waals surface area contributed by atoms with E-state index >= 15 is 0 Å². The Balaban J connectivity index is 3.24. The van der Waals surface area contributed by atoms with E-state index in [-0.39, 0.29) is 16.6 Å². The lowest BCUT2D eigenvalue weighted by Crippen LogP contribution is -2.35. The van der Waals surface area contributed by atoms with Crippen LogP contribution in [-0.4, -0.2) is 16.7 Å². The molecule has 1 heterocycles. The minimum Gasteiger partial charge on any atom is -0.754 e. The van der Waals surface area contributed by atoms with Crippen LogP contribution in [0.15, 0.2) is 0 Å². The molecular weight excluding hydrogens is 176 g/mol. The van der Waals surface area contributed by atoms with Crippen molar-refractivity contribution in [2.24, 2.45) is 0 Å². The second kappa shape index (κ2) is 3.21. The fourth-order valence-electron chi connectivity index (χ4n) is 0.769. The summed E-state index contributed by atoms with van der Waals surface area (Å²) in [4.78, 5) is 3.50. The van der Waals surface area contributed by atoms with Crippen molar-refractivity contribution in [3.63, 3.8) is 0 Å². The molecule has 1 rings (SSSR count). The van der Waals surface area contributed by atoms with Gasteiger partial charge in [-0.05, 0) is 6.92 Å². The highest BCUT2D eigenvalue weighted by Gasteiger charge is 2.17. The number of anilines is 2. The molecule has 1 aromatic heterocycles. The minimum atomic E-state index is -0.494. The summed E-state index contributed by atoms with van der Waals surface area (Å²) in [6, 6.07) is 0. The topological polar surface area (TPSA) is 121 Å². The Morgan fingerprint density at radius 3 is 2.77 bits per heavy atom. The SMILES string of the molecule is CCOc1nc(N)[n+]([O-])c(N)c1O. The van der Waals surface area contributed by atoms with Gasteiger partial charge in [-0.1, -0.05) is 4.98 Å². The highest BCUT2D eigenvalue weighted by molar-refractivity contribution is 5.49. The van der Waals surface area contributed by atoms with E-state index in [1.165, 1.54) is 0 Å². The number of nitrogens with zero attached hydrogens (tertiary/aromatic N) is 2. The molecule has 0 unspecified atom stereocenters. The summed E-state index contributed by atoms with van der Waals surface area (Å²) in [5.41, 5.74) is 10.4. The number of hydrogen-bond donors (Lipinski definition) is 3. The summed E-state index contributed by atoms with van der Waals surface area (Å²) in [5.74, 6) is -1.41. The molecule has 0 atom stereocenters. The van der Waals surface area contributed by atoms with Crippen molar-refractivity contribution in [3.8, 4) is 11.6 Å². The monoisotopic (exact) mass is 186 g/mol. The summed E-state index contributed by atoms with van der Waals surface area (Å²) in [6.07, 6.45) is 0. The maximum absolute atomic E-state index is 10.9. The third-order valence-corrected chi connectivity index (χ3v) is 1.37. The molecule has 7 heteroatoms. The average molecular weight is 186 g/mol. The van der Waals surface area contributed by atoms with Crippen LogP contribution in [0, 0.1) is 5.21 Å². The van der Waals surface area contributed by atoms with Crippen LogP contribution in [0.25, 0.3) is 0 Å². The van der Waals surface area contributed by atoms with E-state index < -0.39 is 11.6 Å². The highest BCUT2D eigenvalue weighted by Crippen LogP contribution is 2.27. The van der Waals surface area contributed by atoms with Crippen molar-refractivity contribution < 1.29 is 14.6 Å². The quantitative estimate of drug-likeness (QED) is 0.401. The van der Waals surface area contributed by atoms with Crippen molar-refractivity contribution in [2.75, 3.05) is 18.1 Å². The van der Waals surface area contributed by atoms with Gasteiger partial charge < -0.3 is 26.5 Å². The van der Waals surface area contributed by atoms with Crippen LogP contribution in [0.3, 0.4) is 0 Å². The molecule has 13 heavy (non-hydrogen) atoms. The highest BCUT2D eigenvalue weighted by atomic mass is 16.5. The lowest BCUT2D eigenvalue weighted by molar-refractivity contribution is -0.577. The molecule has 0 aliphatic carbocycles. The number of aromatic hydroxyl groups is 1. The van der Waals surface area contributed by atoms with Crippen molar-refractivity contribution in [2.45, 2.75) is 6.92 Å². The number of nitrogens with two attached hydrogens (primary N) is 2. The zero-order chi connectivity index (χ0) is 10.0. The van der Waals surface area contributed by atoms with Gasteiger partial charge in [0.1, 0.15) is 0 Å². The van der Waals surface area contributed by atoms with Crippen LogP contribution >= 0.6 is 0 Å². The van der Waals surface area contributed by atoms with Gasteiger partial charge in [-0.2, -0.15) is 0 Å². The van der Waals surface area contributed by atoms with Gasteiger partial charge in [-0.25, -0.2) is 4.73 Å². The number of nitrogen functional groups attached to an aromatic ring is 2. The number of aromatic nitrogens is 2. The van der Waals surface area contributed by atoms with Gasteiger partial charge in [-0.3, -0.25) is 0 Å². The Labute approximate surface area is 74.1 Å². The molecule has 0 saturated carbocycles. The number of ether oxygens (including phenoxy) is 1. The van der Waals surface area contributed by atoms with Gasteiger partial charge in [0.2, 0.25) is 5.82 Å². The molecular formula is C6H10N4O3. The Morgan fingerprint density at radius 2 is 2.23 bits per heavy atom. The van der Waals surface area contributed by atoms with Gasteiger partial charge in [0.15, 0.2) is 0 Å². The standard InChI is InChI=1S/C6H10N4O3/c1-2-13-5-3(11)4(7)10(12)6(8)9-5/h11H,2,7H2,1H3,(H2,8,9). The summed E-state index contributed by atoms with van der Waals surface area (Å²) in [7, 11) is 0. The average Bonchev–Trinajstić information content (AvgIpc) is 2.11. The van der Waals surface area contributed by atoms with E-state index in [0.717, 1.165) is 0 Å². The maximum atomic E-state index is 10.9. The summed E-state index contributed by atoms with van der Waals surface area (Å²) < 4.78 is 5.00. The fourth-order valence-corrected chi connectivity index (χ4v) is 0.769. The van der Waals surface area contributed by atoms with Crippen LogP contribution in [0.5, 0.6) is 11.6 Å². The van der Waals surface area contributed by atoms with Gasteiger partial charge in [0, 0.05) is 0 Å². The fraction of sp³-hybridized carbons (Fsp3) is 0.333. The van der Waals surface area contributed by atoms with Crippen LogP contribution < -0.4 is 20.9 Å². The molecule has 0 amide bonds. The third-order valence-electron chi connectivity index (χ3n) is 1.37. The molecule has 0 aliphatic rings. The summed E-state index contributed by atoms with van der Waals surface area (Å²) >= 11 is 0. The van der Waals surface area contributed by atoms with Crippen LogP contribution in [-0.2, 0) is 0 Å². The zero-order valence-electron chi connectivity index (χ0n) is 7.02. The molecule has 0 fully saturated rings. The van der Waals surface area contributed by atoms with Crippen molar-refractivity contribution >= 4 is 11.8 Å². The zero-order valence-corrected chi connectivity index (χ0v) is 7.02. The van der Waals surface area contributed by atoms with E-state index in [4.69, 9.17) is 16.2 Å². The molecule has 0 aromatic carbocycles. The first-order valence-electron chi connectivity index (χ1n) is 3.58. The molecule has 0 radical (unpaired) electrons. The number of rotatable bonds is 2. The largest absolute Gasteiger partial charge is 0.754 e. The van der Waals surface area contributed by atoms with Crippen LogP contribution in [0.1, 0.15) is 6.92 Å². The molecule has 72 valence electrons. The molecule has 7 nitrogen and oxygen atoms in total. The Morgan fingerprint density at radius 1 is 1.62 bits per heavy atom. The van der Waals surface area contributed by atoms with Crippen molar-refractivity contribution in [1.82, 2.24) is 4.98 Å². The summed E-state index contributed by atoms with van der Waals surface area (Å²) in [5, 5.41) is 20.2. The number of hydrogen-bond acceptors (Lipinski definition) is 6. The molecule has 0 spiro atoms. The van der Waals surface area contributed by atoms with E-state index in [0.29, 0.717) is 6.61 Å². The molecule has 0 aliphatic heterocycles. The van der Waals surface area contributed by atoms with Crippen LogP contribution in [0.4, 0.5) is 11.8 Å². The van der Waals surface area contributed by atoms with E-state index in [2.05, 4.69) is 4.98 Å². The van der Waals surface area contributed by atoms with Crippen LogP contribution in [0.2, 0.25) is 0 Å². The Kier molecular flexibility index (Phi) is 2.27. The van der Waals surface area contributed by atoms with E-state index in [9.17, 15) is 10.3 Å². The van der Waals surface area contributed by atoms with Gasteiger partial charge in [0.25, 0.3) is 5.75 Å². The second-order valence-corrected chi connectivity index (χ2v) is 2.24. The summed E-state index contributed by atoms with van der Waals surface area (Å²) in [6.45, 7) is 1.99. The lowest BCUT2D eigenvalue weighted by atomic mass is 10.5. The second-order valence-electron chi connectivity index (χ2n) is 2.24. The Hall–Kier alpha value is -1.92. The first kappa shape index (κ1) is 9.17. The third kappa shape index (κ3) is 1.48. The van der Waals surface area contributed by atoms with Crippen molar-refractivity contribution in [3.05, 3.63) is 5.21 Å². The molecule has 0 saturated heterocycles. The van der Waals surface area contributed by atoms with E-state index in [1.807, 2.05) is 0 Å². The molecule has 0 bridgehead atoms. The Bertz CT molecular complexity index is 328. The predicted octanol–water partition coefficient (Wildman–Crippen LogP) is -1.02. The van der Waals surface area contributed by atoms with Gasteiger partial charge >= 0.3 is 11.8 Å². The lowest BCUT2D eigenvalue weighted by Gasteiger charge is -2.11. The molecule has 5 N–H and O–H groups in total. The van der Waals surface area contributed by atoms with Gasteiger partial charge in [0.05, 0.1) is 6.61 Å². The smallest absolute Gasteiger partial charge is 0.347 e. The normalized spacial score (nSPS) is 9.92. The predicted molar refractivity (Wildman–Crippen MR) is 44.9 cm³/mol. The maximum Gasteiger partial charge on any atom is 0.347 e. The van der Waals surface area contributed by atoms with Gasteiger partial charge in [-0.15, -0.1) is 0 Å².